The van der Waals surface area contributed by atoms with Gasteiger partial charge in [0, 0.05) is 37.9 Å². The molecule has 1 aliphatic rings. The van der Waals surface area contributed by atoms with E-state index in [0.717, 1.165) is 0 Å². The van der Waals surface area contributed by atoms with Crippen LogP contribution in [0.15, 0.2) is 29.3 Å². The van der Waals surface area contributed by atoms with Crippen molar-refractivity contribution in [3.63, 3.8) is 0 Å². The number of H-pyrrole nitrogens is 1. The quantitative estimate of drug-likeness (QED) is 0.0125. The van der Waals surface area contributed by atoms with Crippen molar-refractivity contribution in [1.29, 1.82) is 0 Å². The molecule has 1 aromatic heterocycles. The summed E-state index contributed by atoms with van der Waals surface area (Å²) in [5, 5.41) is 34.0. The lowest BCUT2D eigenvalue weighted by Gasteiger charge is -2.30. The molecule has 10 amide bonds. The molecule has 29 N–H and O–H groups in total. The number of likely N-dealkylation sites (tertiary alicyclic amines) is 1. The van der Waals surface area contributed by atoms with E-state index in [-0.39, 0.29) is 95.7 Å². The fourth-order valence-electron chi connectivity index (χ4n) is 9.17. The largest absolute Gasteiger partial charge is 0.391 e. The maximum absolute atomic E-state index is 14.5. The van der Waals surface area contributed by atoms with Gasteiger partial charge in [0.05, 0.1) is 25.0 Å². The average molecular weight is 1230 g/mol. The van der Waals surface area contributed by atoms with Gasteiger partial charge >= 0.3 is 0 Å². The Balaban J connectivity index is 2.36. The number of amides is 10. The van der Waals surface area contributed by atoms with E-state index in [4.69, 9.17) is 51.6 Å². The first-order valence-corrected chi connectivity index (χ1v) is 30.0. The minimum atomic E-state index is -1.60. The van der Waals surface area contributed by atoms with E-state index in [1.165, 1.54) is 30.4 Å². The number of carbonyl (C=O) groups is 10. The molecule has 2 heterocycles. The number of nitrogens with two attached hydrogens (primary N) is 9. The number of aliphatic hydroxyl groups excluding tert-OH is 1. The lowest BCUT2D eigenvalue weighted by molar-refractivity contribution is -0.142. The molecular formula is C54H100N22O11. The highest BCUT2D eigenvalue weighted by atomic mass is 16.3. The van der Waals surface area contributed by atoms with E-state index in [2.05, 4.69) is 62.8 Å². The van der Waals surface area contributed by atoms with Crippen LogP contribution in [0, 0.1) is 0 Å². The Hall–Kier alpha value is -7.40. The van der Waals surface area contributed by atoms with Gasteiger partial charge in [0.2, 0.25) is 53.2 Å². The number of aromatic nitrogens is 2. The number of unbranched alkanes of at least 4 members (excludes halogenated alkanes) is 4. The predicted molar refractivity (Wildman–Crippen MR) is 325 cm³/mol. The van der Waals surface area contributed by atoms with Crippen molar-refractivity contribution in [2.75, 3.05) is 65.4 Å². The topological polar surface area (TPSA) is 578 Å². The number of carbonyl (C=O) groups excluding carboxylic acids is 10. The molecule has 33 nitrogen and oxygen atoms in total. The van der Waals surface area contributed by atoms with E-state index >= 15 is 0 Å². The molecule has 33 heteroatoms. The van der Waals surface area contributed by atoms with Crippen molar-refractivity contribution in [3.05, 3.63) is 30.0 Å². The molecule has 1 fully saturated rings. The van der Waals surface area contributed by atoms with Crippen molar-refractivity contribution in [2.45, 2.75) is 177 Å². The molecule has 0 unspecified atom stereocenters. The van der Waals surface area contributed by atoms with Crippen molar-refractivity contribution in [1.82, 2.24) is 62.7 Å². The van der Waals surface area contributed by atoms with Crippen LogP contribution in [-0.2, 0) is 54.4 Å². The van der Waals surface area contributed by atoms with Crippen LogP contribution < -0.4 is 99.5 Å². The highest BCUT2D eigenvalue weighted by Gasteiger charge is 2.40. The molecule has 492 valence electrons. The number of nitrogens with zero attached hydrogens (tertiary/aromatic N) is 3. The van der Waals surface area contributed by atoms with Crippen LogP contribution in [0.25, 0.3) is 0 Å². The molecule has 1 saturated heterocycles. The number of aliphatic imine (C=N–C) groups is 1. The molecule has 0 radical (unpaired) electrons. The van der Waals surface area contributed by atoms with Crippen LogP contribution in [0.1, 0.15) is 122 Å². The lowest BCUT2D eigenvalue weighted by Crippen LogP contribution is -2.60. The Morgan fingerprint density at radius 2 is 1.24 bits per heavy atom. The first kappa shape index (κ1) is 75.7. The van der Waals surface area contributed by atoms with Crippen LogP contribution in [0.2, 0.25) is 0 Å². The standard InChI is InChI=1S/C54H100N22O11/c1-33(77)44(75-49(83)39(19-25-60)70-45(79)35(61)13-2-5-20-55)52(86)67-31-43(78)69-40(16-10-24-59)53(87)76-28-12-18-42(76)51(85)74-41(29-34-30-64-32-68-34)50(84)73-37(15-4-7-22-57)47(81)72-38(17-11-27-66-54(62)63)48(82)71-36(14-3-6-21-56)46(80)65-26-9-8-23-58/h17,30,32-33,35-37,39-42,44,77H,2-16,18-29,31,55-61H2,1H3,(H,64,68)(H,65,80)(H,67,86)(H,69,78)(H,70,79)(H,71,82)(H,72,81)(H,73,84)(H,74,85)(H,75,83)(H4,62,63,66)/b38-17-/t33-,35+,36+,37+,39+,40-,41+,42+,44+/m1/s1. The lowest BCUT2D eigenvalue weighted by atomic mass is 10.0. The van der Waals surface area contributed by atoms with Gasteiger partial charge in [0.15, 0.2) is 5.96 Å². The molecule has 0 saturated carbocycles. The average Bonchev–Trinajstić information content (AvgIpc) is 2.98. The van der Waals surface area contributed by atoms with Gasteiger partial charge in [-0.2, -0.15) is 0 Å². The number of nitrogens with one attached hydrogen (secondary N) is 10. The number of hydrogen-bond acceptors (Lipinski definition) is 20. The summed E-state index contributed by atoms with van der Waals surface area (Å²) in [6.07, 6.45) is 8.27. The first-order valence-electron chi connectivity index (χ1n) is 30.0. The summed E-state index contributed by atoms with van der Waals surface area (Å²) in [6, 6.07) is -9.89. The first-order chi connectivity index (χ1) is 41.7. The molecule has 0 aromatic carbocycles. The van der Waals surface area contributed by atoms with Crippen LogP contribution in [0.3, 0.4) is 0 Å². The van der Waals surface area contributed by atoms with E-state index < -0.39 is 120 Å². The van der Waals surface area contributed by atoms with Gasteiger partial charge in [-0.25, -0.2) is 4.98 Å². The van der Waals surface area contributed by atoms with Crippen LogP contribution in [0.5, 0.6) is 0 Å². The SMILES string of the molecule is C[C@@H](O)[C@H](NC(=O)[C@H](CCN)NC(=O)[C@@H](N)CCCCN)C(=O)NCC(=O)N[C@H](CCCN)C(=O)N1CCC[C@H]1C(=O)N[C@@H](Cc1cnc[nH]1)C(=O)N[C@@H](CCCCN)C(=O)N/C(=C\CCN=C(N)N)C(=O)N[C@@H](CCCCN)C(=O)NCCCCN. The second-order valence-corrected chi connectivity index (χ2v) is 21.2. The fourth-order valence-corrected chi connectivity index (χ4v) is 9.17. The molecule has 1 aliphatic heterocycles. The number of guanidine groups is 1. The van der Waals surface area contributed by atoms with E-state index in [9.17, 15) is 53.1 Å². The van der Waals surface area contributed by atoms with Crippen LogP contribution in [0.4, 0.5) is 0 Å². The summed E-state index contributed by atoms with van der Waals surface area (Å²) < 4.78 is 0. The summed E-state index contributed by atoms with van der Waals surface area (Å²) >= 11 is 0. The minimum Gasteiger partial charge on any atom is -0.391 e. The van der Waals surface area contributed by atoms with Crippen molar-refractivity contribution < 1.29 is 53.1 Å². The van der Waals surface area contributed by atoms with Gasteiger partial charge in [-0.05, 0) is 149 Å². The molecule has 0 spiro atoms. The molecule has 9 atom stereocenters. The summed E-state index contributed by atoms with van der Waals surface area (Å²) in [5.41, 5.74) is 51.4. The maximum Gasteiger partial charge on any atom is 0.268 e. The zero-order valence-corrected chi connectivity index (χ0v) is 50.3. The van der Waals surface area contributed by atoms with Crippen LogP contribution >= 0.6 is 0 Å². The van der Waals surface area contributed by atoms with Gasteiger partial charge in [-0.1, -0.05) is 12.5 Å². The number of imidazole rings is 1. The zero-order chi connectivity index (χ0) is 64.7. The number of aromatic amines is 1. The Morgan fingerprint density at radius 3 is 1.84 bits per heavy atom. The molecule has 1 aromatic rings. The summed E-state index contributed by atoms with van der Waals surface area (Å²) in [7, 11) is 0. The Bertz CT molecular complexity index is 2360. The third kappa shape index (κ3) is 29.2. The molecule has 0 aliphatic carbocycles. The second-order valence-electron chi connectivity index (χ2n) is 21.2. The molecule has 0 bridgehead atoms. The van der Waals surface area contributed by atoms with Gasteiger partial charge in [-0.3, -0.25) is 52.9 Å². The molecular weight excluding hydrogens is 1130 g/mol. The van der Waals surface area contributed by atoms with Crippen LogP contribution in [-0.4, -0.2) is 205 Å². The Labute approximate surface area is 508 Å². The van der Waals surface area contributed by atoms with Crippen molar-refractivity contribution >= 4 is 65.0 Å². The Morgan fingerprint density at radius 1 is 0.655 bits per heavy atom. The monoisotopic (exact) mass is 1230 g/mol. The smallest absolute Gasteiger partial charge is 0.268 e. The number of hydrogen-bond donors (Lipinski definition) is 20. The van der Waals surface area contributed by atoms with Gasteiger partial charge in [-0.15, -0.1) is 0 Å². The zero-order valence-electron chi connectivity index (χ0n) is 50.3. The summed E-state index contributed by atoms with van der Waals surface area (Å²) in [5.74, 6) is -7.81. The van der Waals surface area contributed by atoms with Crippen molar-refractivity contribution in [2.24, 2.45) is 56.6 Å². The third-order valence-electron chi connectivity index (χ3n) is 14.0. The maximum atomic E-state index is 14.5. The van der Waals surface area contributed by atoms with E-state index in [1.807, 2.05) is 0 Å². The molecule has 87 heavy (non-hydrogen) atoms. The highest BCUT2D eigenvalue weighted by molar-refractivity contribution is 6.02. The summed E-state index contributed by atoms with van der Waals surface area (Å²) in [6.45, 7) is 2.47. The number of rotatable bonds is 45. The van der Waals surface area contributed by atoms with Gasteiger partial charge < -0.3 is 114 Å². The van der Waals surface area contributed by atoms with E-state index in [1.54, 1.807) is 0 Å². The highest BCUT2D eigenvalue weighted by Crippen LogP contribution is 2.21. The normalized spacial score (nSPS) is 15.9. The van der Waals surface area contributed by atoms with Gasteiger partial charge in [0.25, 0.3) is 5.91 Å². The third-order valence-corrected chi connectivity index (χ3v) is 14.0. The number of aliphatic hydroxyl groups is 1. The minimum absolute atomic E-state index is 0.0186. The molecule has 2 rings (SSSR count). The fraction of sp³-hybridized carbons (Fsp3) is 0.704. The predicted octanol–water partition coefficient (Wildman–Crippen LogP) is -7.33. The Kier molecular flexibility index (Phi) is 37.6. The van der Waals surface area contributed by atoms with E-state index in [0.29, 0.717) is 96.1 Å². The second kappa shape index (κ2) is 43.3. The summed E-state index contributed by atoms with van der Waals surface area (Å²) in [4.78, 5) is 150. The van der Waals surface area contributed by atoms with Gasteiger partial charge in [0.1, 0.15) is 48.0 Å². The van der Waals surface area contributed by atoms with Crippen molar-refractivity contribution in [3.8, 4) is 0 Å².